The number of benzene rings is 2. The molecule has 340 valence electrons. The van der Waals surface area contributed by atoms with Crippen LogP contribution in [0, 0.1) is 20.2 Å². The Morgan fingerprint density at radius 1 is 0.561 bits per heavy atom. The monoisotopic (exact) mass is 894 g/mol. The first kappa shape index (κ1) is 42.6. The molecule has 0 bridgehead atoms. The molecule has 0 saturated carbocycles. The number of nitrogens with zero attached hydrogens (tertiary/aromatic N) is 12. The fraction of sp³-hybridized carbons (Fsp3) is 0.400. The van der Waals surface area contributed by atoms with Crippen molar-refractivity contribution in [2.45, 2.75) is 37.8 Å². The zero-order valence-corrected chi connectivity index (χ0v) is 36.3. The van der Waals surface area contributed by atoms with E-state index in [4.69, 9.17) is 9.97 Å². The molecule has 8 heterocycles. The second-order valence-corrected chi connectivity index (χ2v) is 17.0. The molecule has 0 radical (unpaired) electrons. The van der Waals surface area contributed by atoms with Crippen molar-refractivity contribution < 1.29 is 14.6 Å². The quantitative estimate of drug-likeness (QED) is 0.0756. The van der Waals surface area contributed by atoms with Crippen molar-refractivity contribution in [1.82, 2.24) is 40.5 Å². The van der Waals surface area contributed by atoms with Gasteiger partial charge in [-0.25, -0.2) is 29.9 Å². The number of fused-ring (bicyclic) bond motifs is 2. The standard InChI is InChI=1S/C45H50N16O5/c62-41(31-3-1-9-48-44(31)58-15-5-29(6-16-58)54-42-33-23-39(60(63)64)37(25-35(33)50-27-52-42)56-19-11-46-12-20-56)32-4-2-10-49-45(32)59-17-7-30(8-18-59)55-43-34-24-40(61(65)66)38(26-36(34)51-28-53-43)57-21-13-47-14-22-57/h1-4,9-10,23-30,46-47H,5-8,11-22H2,(H,50,52,54)(H,51,53,55). The van der Waals surface area contributed by atoms with Crippen molar-refractivity contribution >= 4 is 73.6 Å². The molecule has 0 amide bonds. The van der Waals surface area contributed by atoms with Crippen LogP contribution in [0.3, 0.4) is 0 Å². The average Bonchev–Trinajstić information content (AvgIpc) is 3.36. The number of carbonyl (C=O) groups excluding carboxylic acids is 1. The topological polar surface area (TPSA) is 242 Å². The molecule has 4 aliphatic heterocycles. The van der Waals surface area contributed by atoms with Gasteiger partial charge in [0.05, 0.1) is 32.0 Å². The van der Waals surface area contributed by atoms with Crippen LogP contribution >= 0.6 is 0 Å². The summed E-state index contributed by atoms with van der Waals surface area (Å²) in [6.07, 6.45) is 9.27. The second-order valence-electron chi connectivity index (χ2n) is 17.0. The minimum Gasteiger partial charge on any atom is -0.367 e. The number of hydrogen-bond donors (Lipinski definition) is 4. The number of hydrogen-bond acceptors (Lipinski definition) is 19. The van der Waals surface area contributed by atoms with Crippen molar-refractivity contribution in [3.8, 4) is 0 Å². The molecule has 21 heteroatoms. The summed E-state index contributed by atoms with van der Waals surface area (Å²) in [6, 6.07) is 14.0. The Morgan fingerprint density at radius 3 is 1.36 bits per heavy atom. The first-order chi connectivity index (χ1) is 32.3. The minimum atomic E-state index is -0.335. The molecular formula is C45H50N16O5. The van der Waals surface area contributed by atoms with E-state index in [9.17, 15) is 25.0 Å². The lowest BCUT2D eigenvalue weighted by Crippen LogP contribution is -2.43. The van der Waals surface area contributed by atoms with Crippen molar-refractivity contribution in [2.75, 3.05) is 109 Å². The molecule has 6 aromatic rings. The number of pyridine rings is 2. The molecule has 4 saturated heterocycles. The van der Waals surface area contributed by atoms with Crippen LogP contribution in [0.5, 0.6) is 0 Å². The van der Waals surface area contributed by atoms with Crippen molar-refractivity contribution in [3.05, 3.63) is 105 Å². The van der Waals surface area contributed by atoms with Crippen LogP contribution in [-0.4, -0.2) is 136 Å². The van der Waals surface area contributed by atoms with Crippen molar-refractivity contribution in [3.63, 3.8) is 0 Å². The Hall–Kier alpha value is -7.39. The van der Waals surface area contributed by atoms with Crippen LogP contribution in [0.25, 0.3) is 21.8 Å². The van der Waals surface area contributed by atoms with Gasteiger partial charge in [-0.3, -0.25) is 25.0 Å². The molecule has 0 aliphatic carbocycles. The first-order valence-corrected chi connectivity index (χ1v) is 22.5. The summed E-state index contributed by atoms with van der Waals surface area (Å²) < 4.78 is 0. The van der Waals surface area contributed by atoms with Gasteiger partial charge < -0.3 is 40.9 Å². The van der Waals surface area contributed by atoms with Gasteiger partial charge in [-0.15, -0.1) is 0 Å². The molecule has 21 nitrogen and oxygen atoms in total. The molecule has 4 fully saturated rings. The van der Waals surface area contributed by atoms with E-state index in [0.29, 0.717) is 120 Å². The smallest absolute Gasteiger partial charge is 0.293 e. The third kappa shape index (κ3) is 8.61. The summed E-state index contributed by atoms with van der Waals surface area (Å²) in [6.45, 7) is 8.21. The maximum Gasteiger partial charge on any atom is 0.293 e. The number of piperazine rings is 2. The van der Waals surface area contributed by atoms with Gasteiger partial charge in [0.15, 0.2) is 5.78 Å². The predicted molar refractivity (Wildman–Crippen MR) is 252 cm³/mol. The highest BCUT2D eigenvalue weighted by Gasteiger charge is 2.31. The molecule has 2 aromatic carbocycles. The fourth-order valence-corrected chi connectivity index (χ4v) is 9.66. The number of ketones is 1. The highest BCUT2D eigenvalue weighted by Crippen LogP contribution is 2.38. The van der Waals surface area contributed by atoms with Crippen LogP contribution in [0.4, 0.5) is 46.0 Å². The summed E-state index contributed by atoms with van der Waals surface area (Å²) in [4.78, 5) is 74.1. The van der Waals surface area contributed by atoms with Gasteiger partial charge in [0.1, 0.15) is 47.3 Å². The highest BCUT2D eigenvalue weighted by molar-refractivity contribution is 6.14. The van der Waals surface area contributed by atoms with Crippen LogP contribution in [0.2, 0.25) is 0 Å². The van der Waals surface area contributed by atoms with E-state index in [1.165, 1.54) is 12.7 Å². The average molecular weight is 895 g/mol. The number of piperidine rings is 2. The van der Waals surface area contributed by atoms with E-state index >= 15 is 0 Å². The first-order valence-electron chi connectivity index (χ1n) is 22.5. The third-order valence-electron chi connectivity index (χ3n) is 13.1. The van der Waals surface area contributed by atoms with Crippen LogP contribution in [-0.2, 0) is 0 Å². The van der Waals surface area contributed by atoms with E-state index in [-0.39, 0.29) is 39.1 Å². The van der Waals surface area contributed by atoms with Crippen molar-refractivity contribution in [1.29, 1.82) is 0 Å². The number of rotatable bonds is 12. The lowest BCUT2D eigenvalue weighted by atomic mass is 9.99. The Labute approximate surface area is 379 Å². The highest BCUT2D eigenvalue weighted by atomic mass is 16.6. The summed E-state index contributed by atoms with van der Waals surface area (Å²) in [5.41, 5.74) is 3.47. The number of nitrogens with one attached hydrogen (secondary N) is 4. The second kappa shape index (κ2) is 18.6. The van der Waals surface area contributed by atoms with Gasteiger partial charge in [0, 0.05) is 126 Å². The zero-order valence-electron chi connectivity index (χ0n) is 36.3. The normalized spacial score (nSPS) is 17.6. The van der Waals surface area contributed by atoms with Crippen LogP contribution < -0.4 is 40.9 Å². The molecular weight excluding hydrogens is 845 g/mol. The zero-order chi connectivity index (χ0) is 45.1. The third-order valence-corrected chi connectivity index (χ3v) is 13.1. The van der Waals surface area contributed by atoms with Crippen molar-refractivity contribution in [2.24, 2.45) is 0 Å². The fourth-order valence-electron chi connectivity index (χ4n) is 9.66. The number of anilines is 6. The number of carbonyl (C=O) groups is 1. The molecule has 0 spiro atoms. The molecule has 4 N–H and O–H groups in total. The Bertz CT molecular complexity index is 2600. The predicted octanol–water partition coefficient (Wildman–Crippen LogP) is 4.39. The maximum atomic E-state index is 14.5. The van der Waals surface area contributed by atoms with Gasteiger partial charge >= 0.3 is 0 Å². The number of nitro benzene ring substituents is 2. The Kier molecular flexibility index (Phi) is 12.0. The maximum absolute atomic E-state index is 14.5. The minimum absolute atomic E-state index is 0.0262. The summed E-state index contributed by atoms with van der Waals surface area (Å²) >= 11 is 0. The Morgan fingerprint density at radius 2 is 0.970 bits per heavy atom. The van der Waals surface area contributed by atoms with E-state index in [1.807, 2.05) is 21.9 Å². The van der Waals surface area contributed by atoms with E-state index < -0.39 is 0 Å². The largest absolute Gasteiger partial charge is 0.367 e. The van der Waals surface area contributed by atoms with Crippen LogP contribution in [0.1, 0.15) is 41.6 Å². The lowest BCUT2D eigenvalue weighted by molar-refractivity contribution is -0.384. The SMILES string of the molecule is O=C(c1cccnc1N1CCC(Nc2ncnc3cc(N4CCNCC4)c([N+](=O)[O-])cc23)CC1)c1cccnc1N1CCC(Nc2ncnc3cc(N4CCNCC4)c([N+](=O)[O-])cc23)CC1. The lowest BCUT2D eigenvalue weighted by Gasteiger charge is -2.35. The van der Waals surface area contributed by atoms with Gasteiger partial charge in [-0.1, -0.05) is 0 Å². The molecule has 66 heavy (non-hydrogen) atoms. The number of aromatic nitrogens is 6. The van der Waals surface area contributed by atoms with E-state index in [1.54, 1.807) is 48.8 Å². The molecule has 0 atom stereocenters. The van der Waals surface area contributed by atoms with Gasteiger partial charge in [-0.05, 0) is 62.1 Å². The summed E-state index contributed by atoms with van der Waals surface area (Å²) in [5.74, 6) is 2.17. The molecule has 4 aromatic heterocycles. The molecule has 0 unspecified atom stereocenters. The molecule has 10 rings (SSSR count). The summed E-state index contributed by atoms with van der Waals surface area (Å²) in [7, 11) is 0. The van der Waals surface area contributed by atoms with Gasteiger partial charge in [0.25, 0.3) is 11.4 Å². The Balaban J connectivity index is 0.803. The van der Waals surface area contributed by atoms with E-state index in [0.717, 1.165) is 51.9 Å². The van der Waals surface area contributed by atoms with Gasteiger partial charge in [-0.2, -0.15) is 0 Å². The number of nitro groups is 2. The van der Waals surface area contributed by atoms with Crippen LogP contribution in [0.15, 0.2) is 73.6 Å². The summed E-state index contributed by atoms with van der Waals surface area (Å²) in [5, 5.41) is 39.4. The molecule has 4 aliphatic rings. The van der Waals surface area contributed by atoms with E-state index in [2.05, 4.69) is 51.0 Å². The van der Waals surface area contributed by atoms with Gasteiger partial charge in [0.2, 0.25) is 0 Å².